The number of anilines is 1. The van der Waals surface area contributed by atoms with Crippen LogP contribution in [0, 0.1) is 5.92 Å². The molecule has 0 aliphatic carbocycles. The molecule has 1 saturated heterocycles. The molecule has 3 aromatic carbocycles. The third-order valence-electron chi connectivity index (χ3n) is 6.67. The van der Waals surface area contributed by atoms with Crippen LogP contribution in [-0.2, 0) is 4.79 Å². The highest BCUT2D eigenvalue weighted by molar-refractivity contribution is 6.30. The maximum atomic E-state index is 13.3. The van der Waals surface area contributed by atoms with Gasteiger partial charge in [-0.15, -0.1) is 0 Å². The first kappa shape index (κ1) is 21.5. The average Bonchev–Trinajstić information content (AvgIpc) is 3.30. The van der Waals surface area contributed by atoms with E-state index in [4.69, 9.17) is 11.6 Å². The summed E-state index contributed by atoms with van der Waals surface area (Å²) in [5, 5.41) is 7.29. The van der Waals surface area contributed by atoms with Crippen LogP contribution in [0.2, 0.25) is 5.02 Å². The summed E-state index contributed by atoms with van der Waals surface area (Å²) in [4.78, 5) is 27.6. The summed E-state index contributed by atoms with van der Waals surface area (Å²) in [6.45, 7) is 1.03. The summed E-state index contributed by atoms with van der Waals surface area (Å²) < 4.78 is 0. The summed E-state index contributed by atoms with van der Waals surface area (Å²) in [6, 6.07) is 25.4. The van der Waals surface area contributed by atoms with Crippen LogP contribution < -0.4 is 10.6 Å². The molecule has 0 spiro atoms. The Labute approximate surface area is 198 Å². The quantitative estimate of drug-likeness (QED) is 0.550. The molecule has 2 amide bonds. The number of nitrogens with zero attached hydrogens (tertiary/aromatic N) is 1. The smallest absolute Gasteiger partial charge is 0.251 e. The Morgan fingerprint density at radius 2 is 1.70 bits per heavy atom. The maximum absolute atomic E-state index is 13.3. The van der Waals surface area contributed by atoms with Crippen molar-refractivity contribution in [2.45, 2.75) is 24.9 Å². The molecule has 168 valence electrons. The second-order valence-electron chi connectivity index (χ2n) is 8.62. The van der Waals surface area contributed by atoms with Crippen molar-refractivity contribution in [3.05, 3.63) is 101 Å². The van der Waals surface area contributed by atoms with Crippen molar-refractivity contribution in [3.63, 3.8) is 0 Å². The molecule has 0 saturated carbocycles. The Morgan fingerprint density at radius 1 is 0.970 bits per heavy atom. The van der Waals surface area contributed by atoms with E-state index >= 15 is 0 Å². The van der Waals surface area contributed by atoms with Crippen molar-refractivity contribution in [2.75, 3.05) is 18.4 Å². The number of nitrogens with one attached hydrogen (secondary N) is 2. The van der Waals surface area contributed by atoms with Gasteiger partial charge in [0.1, 0.15) is 0 Å². The summed E-state index contributed by atoms with van der Waals surface area (Å²) in [6.07, 6.45) is 1.20. The molecule has 0 aromatic heterocycles. The summed E-state index contributed by atoms with van der Waals surface area (Å²) in [5.41, 5.74) is 4.00. The van der Waals surface area contributed by atoms with Crippen LogP contribution in [-0.4, -0.2) is 29.8 Å². The number of rotatable bonds is 5. The highest BCUT2D eigenvalue weighted by atomic mass is 35.5. The van der Waals surface area contributed by atoms with Crippen LogP contribution in [0.1, 0.15) is 46.4 Å². The summed E-state index contributed by atoms with van der Waals surface area (Å²) >= 11 is 6.11. The maximum Gasteiger partial charge on any atom is 0.251 e. The van der Waals surface area contributed by atoms with Gasteiger partial charge in [-0.3, -0.25) is 9.59 Å². The van der Waals surface area contributed by atoms with Gasteiger partial charge in [0.15, 0.2) is 0 Å². The predicted octanol–water partition coefficient (Wildman–Crippen LogP) is 5.22. The molecule has 0 bridgehead atoms. The van der Waals surface area contributed by atoms with Crippen molar-refractivity contribution in [3.8, 4) is 0 Å². The molecule has 2 heterocycles. The minimum absolute atomic E-state index is 0.0143. The average molecular weight is 460 g/mol. The van der Waals surface area contributed by atoms with Gasteiger partial charge in [-0.2, -0.15) is 0 Å². The van der Waals surface area contributed by atoms with Crippen LogP contribution >= 0.6 is 11.6 Å². The first-order valence-corrected chi connectivity index (χ1v) is 11.7. The first-order chi connectivity index (χ1) is 16.1. The molecule has 2 N–H and O–H groups in total. The van der Waals surface area contributed by atoms with Gasteiger partial charge in [0, 0.05) is 41.7 Å². The molecule has 0 unspecified atom stereocenters. The number of hydrogen-bond acceptors (Lipinski definition) is 3. The van der Waals surface area contributed by atoms with Gasteiger partial charge in [0.05, 0.1) is 12.1 Å². The number of halogens is 1. The van der Waals surface area contributed by atoms with E-state index in [1.54, 1.807) is 12.1 Å². The van der Waals surface area contributed by atoms with Crippen molar-refractivity contribution in [1.82, 2.24) is 10.2 Å². The number of benzene rings is 3. The number of fused-ring (bicyclic) bond motifs is 3. The number of amides is 2. The molecule has 5 nitrogen and oxygen atoms in total. The molecule has 5 rings (SSSR count). The fourth-order valence-corrected chi connectivity index (χ4v) is 5.25. The Hall–Kier alpha value is -3.31. The number of likely N-dealkylation sites (tertiary alicyclic amines) is 1. The third-order valence-corrected chi connectivity index (χ3v) is 6.93. The largest absolute Gasteiger partial charge is 0.378 e. The lowest BCUT2D eigenvalue weighted by molar-refractivity contribution is -0.132. The predicted molar refractivity (Wildman–Crippen MR) is 130 cm³/mol. The SMILES string of the molecule is O=C(NCCC(=O)N1CC[C@H]2[C@@H](c3ccc(Cl)cc3)Nc3ccccc3[C@H]21)c1ccccc1. The van der Waals surface area contributed by atoms with Gasteiger partial charge in [-0.1, -0.05) is 60.1 Å². The van der Waals surface area contributed by atoms with E-state index in [0.717, 1.165) is 17.7 Å². The molecule has 33 heavy (non-hydrogen) atoms. The van der Waals surface area contributed by atoms with Crippen molar-refractivity contribution >= 4 is 29.1 Å². The minimum atomic E-state index is -0.155. The standard InChI is InChI=1S/C27H26ClN3O2/c28-20-12-10-18(11-13-20)25-22-15-17-31(26(22)21-8-4-5-9-23(21)30-25)24(32)14-16-29-27(33)19-6-2-1-3-7-19/h1-13,22,25-26,30H,14-17H2,(H,29,33)/t22-,25+,26+/m0/s1. The van der Waals surface area contributed by atoms with Crippen molar-refractivity contribution < 1.29 is 9.59 Å². The molecular weight excluding hydrogens is 434 g/mol. The van der Waals surface area contributed by atoms with Crippen LogP contribution in [0.5, 0.6) is 0 Å². The fraction of sp³-hybridized carbons (Fsp3) is 0.259. The lowest BCUT2D eigenvalue weighted by Crippen LogP contribution is -2.38. The minimum Gasteiger partial charge on any atom is -0.378 e. The molecule has 1 fully saturated rings. The topological polar surface area (TPSA) is 61.4 Å². The van der Waals surface area contributed by atoms with E-state index in [2.05, 4.69) is 34.9 Å². The Balaban J connectivity index is 1.32. The monoisotopic (exact) mass is 459 g/mol. The number of hydrogen-bond donors (Lipinski definition) is 2. The molecule has 3 aromatic rings. The number of para-hydroxylation sites is 1. The van der Waals surface area contributed by atoms with Gasteiger partial charge >= 0.3 is 0 Å². The number of carbonyl (C=O) groups is 2. The van der Waals surface area contributed by atoms with Crippen LogP contribution in [0.15, 0.2) is 78.9 Å². The molecular formula is C27H26ClN3O2. The Bertz CT molecular complexity index is 1150. The zero-order valence-corrected chi connectivity index (χ0v) is 19.0. The van der Waals surface area contributed by atoms with E-state index in [0.29, 0.717) is 23.7 Å². The summed E-state index contributed by atoms with van der Waals surface area (Å²) in [7, 11) is 0. The summed E-state index contributed by atoms with van der Waals surface area (Å²) in [5.74, 6) is 0.184. The molecule has 2 aliphatic heterocycles. The van der Waals surface area contributed by atoms with E-state index in [-0.39, 0.29) is 36.2 Å². The second kappa shape index (κ2) is 9.28. The lowest BCUT2D eigenvalue weighted by atomic mass is 9.80. The van der Waals surface area contributed by atoms with Crippen LogP contribution in [0.25, 0.3) is 0 Å². The van der Waals surface area contributed by atoms with Gasteiger partial charge < -0.3 is 15.5 Å². The Kier molecular flexibility index (Phi) is 6.05. The Morgan fingerprint density at radius 3 is 2.48 bits per heavy atom. The van der Waals surface area contributed by atoms with Crippen molar-refractivity contribution in [1.29, 1.82) is 0 Å². The van der Waals surface area contributed by atoms with Crippen LogP contribution in [0.3, 0.4) is 0 Å². The second-order valence-corrected chi connectivity index (χ2v) is 9.05. The van der Waals surface area contributed by atoms with Crippen LogP contribution in [0.4, 0.5) is 5.69 Å². The normalized spacial score (nSPS) is 21.0. The van der Waals surface area contributed by atoms with Crippen molar-refractivity contribution in [2.24, 2.45) is 5.92 Å². The van der Waals surface area contributed by atoms with E-state index in [1.807, 2.05) is 47.4 Å². The third kappa shape index (κ3) is 4.33. The lowest BCUT2D eigenvalue weighted by Gasteiger charge is -2.40. The van der Waals surface area contributed by atoms with Gasteiger partial charge in [-0.05, 0) is 47.9 Å². The highest BCUT2D eigenvalue weighted by Gasteiger charge is 2.45. The van der Waals surface area contributed by atoms with E-state index < -0.39 is 0 Å². The van der Waals surface area contributed by atoms with Gasteiger partial charge in [0.2, 0.25) is 5.91 Å². The molecule has 2 aliphatic rings. The fourth-order valence-electron chi connectivity index (χ4n) is 5.12. The van der Waals surface area contributed by atoms with Gasteiger partial charge in [-0.25, -0.2) is 0 Å². The molecule has 3 atom stereocenters. The zero-order chi connectivity index (χ0) is 22.8. The highest BCUT2D eigenvalue weighted by Crippen LogP contribution is 2.51. The van der Waals surface area contributed by atoms with E-state index in [1.165, 1.54) is 5.56 Å². The first-order valence-electron chi connectivity index (χ1n) is 11.4. The van der Waals surface area contributed by atoms with E-state index in [9.17, 15) is 9.59 Å². The van der Waals surface area contributed by atoms with Gasteiger partial charge in [0.25, 0.3) is 5.91 Å². The molecule has 6 heteroatoms. The number of carbonyl (C=O) groups excluding carboxylic acids is 2. The zero-order valence-electron chi connectivity index (χ0n) is 18.2. The molecule has 0 radical (unpaired) electrons.